The first-order valence-corrected chi connectivity index (χ1v) is 23.0. The van der Waals surface area contributed by atoms with Gasteiger partial charge in [-0.05, 0) is 48.2 Å². The van der Waals surface area contributed by atoms with Gasteiger partial charge in [-0.3, -0.25) is 9.59 Å². The van der Waals surface area contributed by atoms with Crippen molar-refractivity contribution in [1.82, 2.24) is 39.9 Å². The Hall–Kier alpha value is -6.47. The van der Waals surface area contributed by atoms with Crippen LogP contribution in [0.2, 0.25) is 0 Å². The largest absolute Gasteiger partial charge is 0.512 e. The average molecular weight is 1060 g/mol. The summed E-state index contributed by atoms with van der Waals surface area (Å²) in [6.45, 7) is 7.38. The molecule has 2 aliphatic heterocycles. The molecule has 4 aromatic carbocycles. The van der Waals surface area contributed by atoms with Crippen LogP contribution in [0.5, 0.6) is 0 Å². The number of nitrogens with zero attached hydrogens (tertiary/aromatic N) is 8. The van der Waals surface area contributed by atoms with Gasteiger partial charge in [-0.25, -0.2) is 9.97 Å². The zero-order valence-corrected chi connectivity index (χ0v) is 42.3. The van der Waals surface area contributed by atoms with E-state index in [1.54, 1.807) is 0 Å². The van der Waals surface area contributed by atoms with Crippen LogP contribution in [0.25, 0.3) is 89.7 Å². The second-order valence-electron chi connectivity index (χ2n) is 16.5. The Morgan fingerprint density at radius 2 is 0.701 bits per heavy atom. The molecule has 342 valence electrons. The SMILES string of the molecule is CCCCCCCC(=O)/C=C(/C)O.CCCCCCCC(=O)/C=C(/C)O.[Hf].c1ccc2c(c1)-c1nc-2nc2[n-]c(nc3nc(nc4[n-]c(n1)c1ccccc41)-c1ccccc1-3)c1ccccc21. The van der Waals surface area contributed by atoms with Crippen LogP contribution in [0.15, 0.2) is 121 Å². The van der Waals surface area contributed by atoms with Crippen molar-refractivity contribution in [3.63, 3.8) is 0 Å². The molecule has 2 aliphatic rings. The standard InChI is InChI=1S/C32H16N8.2C11H20O2.Hf/c1-2-10-18-17(9-1)25-33-26(18)38-28-21-13-5-6-14-22(21)30(35-28)40-32-24-16-8-7-15-23(24)31(36-32)39-29-20-12-4-3-11-19(20)27(34-29)37-25;2*1-3-4-5-6-7-8-11(13)9-10(2)12;/h1-16H;2*9,12H,3-8H2,1-2H3;/q-2;;;/b;2*10-9-;. The fraction of sp³-hybridized carbons (Fsp3) is 0.296. The number of fused-ring (bicyclic) bond motifs is 20. The molecule has 0 aliphatic carbocycles. The van der Waals surface area contributed by atoms with Crippen LogP contribution in [0, 0.1) is 0 Å². The van der Waals surface area contributed by atoms with Crippen molar-refractivity contribution in [2.45, 2.75) is 105 Å². The van der Waals surface area contributed by atoms with E-state index in [0.29, 0.717) is 58.7 Å². The summed E-state index contributed by atoms with van der Waals surface area (Å²) in [6.07, 6.45) is 15.3. The average Bonchev–Trinajstić information content (AvgIpc) is 4.05. The molecule has 3 aromatic heterocycles. The molecule has 5 heterocycles. The van der Waals surface area contributed by atoms with Crippen molar-refractivity contribution in [2.75, 3.05) is 0 Å². The minimum atomic E-state index is 0. The predicted molar refractivity (Wildman–Crippen MR) is 264 cm³/mol. The molecule has 9 rings (SSSR count). The van der Waals surface area contributed by atoms with Crippen LogP contribution in [0.1, 0.15) is 105 Å². The molecule has 0 atom stereocenters. The van der Waals surface area contributed by atoms with Gasteiger partial charge in [0.05, 0.1) is 34.8 Å². The third kappa shape index (κ3) is 12.9. The van der Waals surface area contributed by atoms with Gasteiger partial charge in [-0.15, -0.1) is 0 Å². The number of ketones is 2. The van der Waals surface area contributed by atoms with Gasteiger partial charge < -0.3 is 40.1 Å². The zero-order valence-electron chi connectivity index (χ0n) is 38.7. The Morgan fingerprint density at radius 1 is 0.433 bits per heavy atom. The van der Waals surface area contributed by atoms with Crippen LogP contribution >= 0.6 is 0 Å². The number of hydrogen-bond donors (Lipinski definition) is 2. The number of aliphatic hydroxyl groups excluding tert-OH is 2. The van der Waals surface area contributed by atoms with Crippen LogP contribution < -0.4 is 9.97 Å². The molecule has 0 saturated carbocycles. The Labute approximate surface area is 410 Å². The Balaban J connectivity index is 0.000000229. The van der Waals surface area contributed by atoms with E-state index in [-0.39, 0.29) is 48.9 Å². The van der Waals surface area contributed by atoms with E-state index in [0.717, 1.165) is 69.5 Å². The Morgan fingerprint density at radius 3 is 0.970 bits per heavy atom. The second kappa shape index (κ2) is 24.3. The first-order valence-electron chi connectivity index (χ1n) is 23.0. The molecule has 0 fully saturated rings. The first-order chi connectivity index (χ1) is 32.1. The molecular weight excluding hydrogens is 1000 g/mol. The van der Waals surface area contributed by atoms with Crippen LogP contribution in [-0.2, 0) is 35.4 Å². The predicted octanol–water partition coefficient (Wildman–Crippen LogP) is 12.9. The third-order valence-electron chi connectivity index (χ3n) is 11.1. The van der Waals surface area contributed by atoms with Gasteiger partial charge in [0, 0.05) is 95.7 Å². The van der Waals surface area contributed by atoms with E-state index >= 15 is 0 Å². The number of unbranched alkanes of at least 4 members (excludes halogenated alkanes) is 8. The van der Waals surface area contributed by atoms with E-state index in [2.05, 4.69) is 13.8 Å². The van der Waals surface area contributed by atoms with Crippen molar-refractivity contribution in [3.8, 4) is 45.6 Å². The van der Waals surface area contributed by atoms with Crippen LogP contribution in [-0.4, -0.2) is 51.7 Å². The van der Waals surface area contributed by atoms with Gasteiger partial charge in [0.2, 0.25) is 0 Å². The summed E-state index contributed by atoms with van der Waals surface area (Å²) >= 11 is 0. The van der Waals surface area contributed by atoms with E-state index in [1.807, 2.05) is 97.1 Å². The summed E-state index contributed by atoms with van der Waals surface area (Å²) in [7, 11) is 0. The van der Waals surface area contributed by atoms with E-state index in [9.17, 15) is 9.59 Å². The quantitative estimate of drug-likeness (QED) is 0.0456. The topological polar surface area (TPSA) is 180 Å². The van der Waals surface area contributed by atoms with Gasteiger partial charge in [-0.1, -0.05) is 162 Å². The summed E-state index contributed by atoms with van der Waals surface area (Å²) in [5.41, 5.74) is 5.78. The number of allylic oxidation sites excluding steroid dienone is 4. The summed E-state index contributed by atoms with van der Waals surface area (Å²) in [6, 6.07) is 31.8. The third-order valence-corrected chi connectivity index (χ3v) is 11.1. The monoisotopic (exact) mass is 1060 g/mol. The molecule has 0 unspecified atom stereocenters. The molecule has 13 heteroatoms. The van der Waals surface area contributed by atoms with Gasteiger partial charge in [0.15, 0.2) is 11.6 Å². The molecule has 2 N–H and O–H groups in total. The molecule has 12 nitrogen and oxygen atoms in total. The fourth-order valence-electron chi connectivity index (χ4n) is 7.87. The molecular formula is C54H56HfN8O4-2. The summed E-state index contributed by atoms with van der Waals surface area (Å²) in [5, 5.41) is 21.2. The molecule has 0 saturated heterocycles. The number of carbonyl (C=O) groups excluding carboxylic acids is 2. The Bertz CT molecular complexity index is 2710. The minimum Gasteiger partial charge on any atom is -0.512 e. The fourth-order valence-corrected chi connectivity index (χ4v) is 7.87. The summed E-state index contributed by atoms with van der Waals surface area (Å²) < 4.78 is 0. The van der Waals surface area contributed by atoms with Crippen molar-refractivity contribution >= 4 is 55.7 Å². The smallest absolute Gasteiger partial charge is 0.159 e. The minimum absolute atomic E-state index is 0. The van der Waals surface area contributed by atoms with Crippen molar-refractivity contribution in [1.29, 1.82) is 0 Å². The van der Waals surface area contributed by atoms with E-state index < -0.39 is 0 Å². The number of carbonyl (C=O) groups is 2. The number of hydrogen-bond acceptors (Lipinski definition) is 10. The molecule has 7 aromatic rings. The maximum atomic E-state index is 11.0. The van der Waals surface area contributed by atoms with Gasteiger partial charge in [0.1, 0.15) is 0 Å². The number of rotatable bonds is 14. The first kappa shape index (κ1) is 50.0. The summed E-state index contributed by atoms with van der Waals surface area (Å²) in [5.74, 6) is 2.50. The normalized spacial score (nSPS) is 11.7. The van der Waals surface area contributed by atoms with Gasteiger partial charge in [-0.2, -0.15) is 0 Å². The van der Waals surface area contributed by atoms with Crippen molar-refractivity contribution in [2.24, 2.45) is 0 Å². The van der Waals surface area contributed by atoms with Crippen LogP contribution in [0.4, 0.5) is 0 Å². The second-order valence-corrected chi connectivity index (χ2v) is 16.5. The number of benzene rings is 4. The Kier molecular flexibility index (Phi) is 18.1. The number of aliphatic hydroxyl groups is 2. The molecule has 67 heavy (non-hydrogen) atoms. The summed E-state index contributed by atoms with van der Waals surface area (Å²) in [4.78, 5) is 61.4. The molecule has 0 amide bonds. The number of aromatic nitrogens is 8. The maximum absolute atomic E-state index is 11.0. The van der Waals surface area contributed by atoms with Crippen molar-refractivity contribution < 1.29 is 45.6 Å². The van der Waals surface area contributed by atoms with Crippen LogP contribution in [0.3, 0.4) is 0 Å². The molecule has 0 spiro atoms. The molecule has 8 bridgehead atoms. The van der Waals surface area contributed by atoms with E-state index in [1.165, 1.54) is 64.5 Å². The van der Waals surface area contributed by atoms with E-state index in [4.69, 9.17) is 50.1 Å². The maximum Gasteiger partial charge on any atom is 0.159 e. The van der Waals surface area contributed by atoms with Crippen molar-refractivity contribution in [3.05, 3.63) is 121 Å². The van der Waals surface area contributed by atoms with Gasteiger partial charge in [0.25, 0.3) is 0 Å². The zero-order chi connectivity index (χ0) is 46.4. The van der Waals surface area contributed by atoms with Gasteiger partial charge >= 0.3 is 0 Å². The molecule has 0 radical (unpaired) electrons.